The number of likely N-dealkylation sites (N-methyl/N-ethyl adjacent to an activating group) is 1. The lowest BCUT2D eigenvalue weighted by Gasteiger charge is -2.32. The molecule has 1 aliphatic heterocycles. The summed E-state index contributed by atoms with van der Waals surface area (Å²) in [5, 5.41) is 10.6. The van der Waals surface area contributed by atoms with Crippen molar-refractivity contribution in [3.8, 4) is 11.3 Å². The van der Waals surface area contributed by atoms with Crippen LogP contribution >= 0.6 is 0 Å². The van der Waals surface area contributed by atoms with E-state index in [-0.39, 0.29) is 5.69 Å². The van der Waals surface area contributed by atoms with Gasteiger partial charge < -0.3 is 10.6 Å². The number of carbonyl (C=O) groups is 1. The molecule has 1 aromatic carbocycles. The lowest BCUT2D eigenvalue weighted by atomic mass is 9.95. The van der Waals surface area contributed by atoms with E-state index in [9.17, 15) is 4.79 Å². The molecule has 0 saturated carbocycles. The van der Waals surface area contributed by atoms with E-state index in [0.717, 1.165) is 49.4 Å². The van der Waals surface area contributed by atoms with Gasteiger partial charge in [-0.25, -0.2) is 0 Å². The number of nitrogens with one attached hydrogen (secondary N) is 1. The topological polar surface area (TPSA) is 91.1 Å². The predicted octanol–water partition coefficient (Wildman–Crippen LogP) is 0.935. The third kappa shape index (κ3) is 3.32. The van der Waals surface area contributed by atoms with Crippen LogP contribution in [0.2, 0.25) is 0 Å². The molecule has 0 radical (unpaired) electrons. The minimum absolute atomic E-state index is 0.189. The molecule has 1 amide bonds. The second-order valence-corrected chi connectivity index (χ2v) is 6.56. The summed E-state index contributed by atoms with van der Waals surface area (Å²) in [5.41, 5.74) is 10.6. The molecule has 24 heavy (non-hydrogen) atoms. The molecule has 3 N–H and O–H groups in total. The summed E-state index contributed by atoms with van der Waals surface area (Å²) in [5.74, 6) is -0.569. The van der Waals surface area contributed by atoms with Crippen LogP contribution in [0.5, 0.6) is 0 Å². The molecule has 3 rings (SSSR count). The Morgan fingerprint density at radius 3 is 2.58 bits per heavy atom. The molecule has 1 aliphatic rings. The summed E-state index contributed by atoms with van der Waals surface area (Å²) in [6, 6.07) is 4.24. The average molecular weight is 328 g/mol. The summed E-state index contributed by atoms with van der Waals surface area (Å²) in [6.45, 7) is 9.34. The Labute approximate surface area is 141 Å². The third-order valence-electron chi connectivity index (χ3n) is 4.69. The van der Waals surface area contributed by atoms with Crippen LogP contribution in [-0.2, 0) is 6.54 Å². The van der Waals surface area contributed by atoms with E-state index in [1.807, 2.05) is 6.07 Å². The third-order valence-corrected chi connectivity index (χ3v) is 4.69. The molecule has 1 aromatic heterocycles. The van der Waals surface area contributed by atoms with E-state index in [2.05, 4.69) is 52.2 Å². The van der Waals surface area contributed by atoms with Crippen molar-refractivity contribution < 1.29 is 4.79 Å². The highest BCUT2D eigenvalue weighted by Crippen LogP contribution is 2.28. The predicted molar refractivity (Wildman–Crippen MR) is 92.6 cm³/mol. The van der Waals surface area contributed by atoms with Crippen molar-refractivity contribution in [2.45, 2.75) is 20.4 Å². The number of primary amides is 1. The van der Waals surface area contributed by atoms with Gasteiger partial charge in [-0.15, -0.1) is 0 Å². The highest BCUT2D eigenvalue weighted by molar-refractivity contribution is 5.97. The number of aryl methyl sites for hydroxylation is 1. The van der Waals surface area contributed by atoms with Crippen LogP contribution in [0, 0.1) is 13.8 Å². The van der Waals surface area contributed by atoms with E-state index < -0.39 is 5.91 Å². The summed E-state index contributed by atoms with van der Waals surface area (Å²) in [7, 11) is 2.16. The number of hydrogen-bond acceptors (Lipinski definition) is 5. The molecule has 1 saturated heterocycles. The molecule has 2 heterocycles. The SMILES string of the molecule is Cc1cc(CN2CCN(C)CC2)c(C)c(-c2n[nH]nc2C(N)=O)c1. The monoisotopic (exact) mass is 328 g/mol. The van der Waals surface area contributed by atoms with Gasteiger partial charge in [0.25, 0.3) is 5.91 Å². The zero-order chi connectivity index (χ0) is 17.3. The fourth-order valence-corrected chi connectivity index (χ4v) is 3.18. The molecule has 7 heteroatoms. The van der Waals surface area contributed by atoms with Crippen molar-refractivity contribution in [2.24, 2.45) is 5.73 Å². The number of nitrogens with two attached hydrogens (primary N) is 1. The summed E-state index contributed by atoms with van der Waals surface area (Å²) in [6.07, 6.45) is 0. The average Bonchev–Trinajstić information content (AvgIpc) is 3.02. The standard InChI is InChI=1S/C17H24N6O/c1-11-8-13(10-23-6-4-22(3)5-7-23)12(2)14(9-11)15-16(17(18)24)20-21-19-15/h8-9H,4-7,10H2,1-3H3,(H2,18,24)(H,19,20,21). The molecule has 0 atom stereocenters. The number of piperazine rings is 1. The first kappa shape index (κ1) is 16.6. The smallest absolute Gasteiger partial charge is 0.271 e. The Hall–Kier alpha value is -2.25. The first-order chi connectivity index (χ1) is 11.5. The molecule has 0 spiro atoms. The largest absolute Gasteiger partial charge is 0.364 e. The van der Waals surface area contributed by atoms with Gasteiger partial charge in [0.2, 0.25) is 0 Å². The van der Waals surface area contributed by atoms with E-state index in [1.165, 1.54) is 5.56 Å². The highest BCUT2D eigenvalue weighted by Gasteiger charge is 2.20. The maximum atomic E-state index is 11.6. The van der Waals surface area contributed by atoms with Crippen LogP contribution in [0.3, 0.4) is 0 Å². The van der Waals surface area contributed by atoms with Gasteiger partial charge >= 0.3 is 0 Å². The van der Waals surface area contributed by atoms with Crippen LogP contribution < -0.4 is 5.73 Å². The maximum Gasteiger partial charge on any atom is 0.271 e. The number of aromatic nitrogens is 3. The van der Waals surface area contributed by atoms with E-state index in [4.69, 9.17) is 5.73 Å². The minimum Gasteiger partial charge on any atom is -0.364 e. The second kappa shape index (κ2) is 6.70. The number of carbonyl (C=O) groups excluding carboxylic acids is 1. The Kier molecular flexibility index (Phi) is 4.64. The molecular formula is C17H24N6O. The first-order valence-corrected chi connectivity index (χ1v) is 8.17. The number of H-pyrrole nitrogens is 1. The highest BCUT2D eigenvalue weighted by atomic mass is 16.1. The van der Waals surface area contributed by atoms with Crippen molar-refractivity contribution in [1.82, 2.24) is 25.2 Å². The van der Waals surface area contributed by atoms with Crippen LogP contribution in [0.4, 0.5) is 0 Å². The van der Waals surface area contributed by atoms with Gasteiger partial charge in [-0.05, 0) is 38.1 Å². The number of hydrogen-bond donors (Lipinski definition) is 2. The van der Waals surface area contributed by atoms with Crippen LogP contribution in [0.15, 0.2) is 12.1 Å². The van der Waals surface area contributed by atoms with Crippen molar-refractivity contribution in [3.63, 3.8) is 0 Å². The number of benzene rings is 1. The van der Waals surface area contributed by atoms with E-state index in [1.54, 1.807) is 0 Å². The summed E-state index contributed by atoms with van der Waals surface area (Å²) >= 11 is 0. The Morgan fingerprint density at radius 1 is 1.21 bits per heavy atom. The summed E-state index contributed by atoms with van der Waals surface area (Å²) < 4.78 is 0. The fourth-order valence-electron chi connectivity index (χ4n) is 3.18. The molecule has 1 fully saturated rings. The molecule has 128 valence electrons. The molecule has 7 nitrogen and oxygen atoms in total. The van der Waals surface area contributed by atoms with Gasteiger partial charge in [-0.1, -0.05) is 11.6 Å². The maximum absolute atomic E-state index is 11.6. The van der Waals surface area contributed by atoms with Crippen molar-refractivity contribution >= 4 is 5.91 Å². The van der Waals surface area contributed by atoms with Crippen molar-refractivity contribution in [2.75, 3.05) is 33.2 Å². The van der Waals surface area contributed by atoms with Gasteiger partial charge in [0.05, 0.1) is 0 Å². The molecule has 0 unspecified atom stereocenters. The second-order valence-electron chi connectivity index (χ2n) is 6.56. The molecular weight excluding hydrogens is 304 g/mol. The number of nitrogens with zero attached hydrogens (tertiary/aromatic N) is 4. The van der Waals surface area contributed by atoms with Gasteiger partial charge in [0, 0.05) is 38.3 Å². The molecule has 0 bridgehead atoms. The Balaban J connectivity index is 1.93. The van der Waals surface area contributed by atoms with Crippen LogP contribution in [-0.4, -0.2) is 64.3 Å². The Bertz CT molecular complexity index is 746. The van der Waals surface area contributed by atoms with Crippen molar-refractivity contribution in [3.05, 3.63) is 34.5 Å². The lowest BCUT2D eigenvalue weighted by Crippen LogP contribution is -2.44. The number of amides is 1. The number of aromatic amines is 1. The zero-order valence-electron chi connectivity index (χ0n) is 14.5. The fraction of sp³-hybridized carbons (Fsp3) is 0.471. The quantitative estimate of drug-likeness (QED) is 0.871. The normalized spacial score (nSPS) is 16.5. The van der Waals surface area contributed by atoms with Crippen LogP contribution in [0.1, 0.15) is 27.2 Å². The minimum atomic E-state index is -0.569. The lowest BCUT2D eigenvalue weighted by molar-refractivity contribution is 0.0996. The summed E-state index contributed by atoms with van der Waals surface area (Å²) in [4.78, 5) is 16.4. The molecule has 0 aliphatic carbocycles. The van der Waals surface area contributed by atoms with E-state index in [0.29, 0.717) is 5.69 Å². The first-order valence-electron chi connectivity index (χ1n) is 8.17. The van der Waals surface area contributed by atoms with E-state index >= 15 is 0 Å². The van der Waals surface area contributed by atoms with Crippen LogP contribution in [0.25, 0.3) is 11.3 Å². The van der Waals surface area contributed by atoms with Gasteiger partial charge in [0.1, 0.15) is 5.69 Å². The number of rotatable bonds is 4. The van der Waals surface area contributed by atoms with Gasteiger partial charge in [0.15, 0.2) is 5.69 Å². The van der Waals surface area contributed by atoms with Gasteiger partial charge in [-0.3, -0.25) is 9.69 Å². The van der Waals surface area contributed by atoms with Crippen molar-refractivity contribution in [1.29, 1.82) is 0 Å². The molecule has 2 aromatic rings. The Morgan fingerprint density at radius 2 is 1.92 bits per heavy atom. The van der Waals surface area contributed by atoms with Gasteiger partial charge in [-0.2, -0.15) is 15.4 Å². The zero-order valence-corrected chi connectivity index (χ0v) is 14.5.